The molecule has 0 radical (unpaired) electrons. The number of benzene rings is 2. The molecule has 0 aliphatic heterocycles. The minimum Gasteiger partial charge on any atom is -0.320 e. The zero-order valence-electron chi connectivity index (χ0n) is 10.9. The third-order valence-electron chi connectivity index (χ3n) is 3.37. The summed E-state index contributed by atoms with van der Waals surface area (Å²) < 4.78 is 1.91. The van der Waals surface area contributed by atoms with Gasteiger partial charge in [-0.2, -0.15) is 0 Å². The SMILES string of the molecule is Cc1cc(C(N)c2ccc3cc(Br)ccc3c2)sc1Cl. The van der Waals surface area contributed by atoms with E-state index >= 15 is 0 Å². The molecule has 0 bridgehead atoms. The summed E-state index contributed by atoms with van der Waals surface area (Å²) in [5.74, 6) is 0. The van der Waals surface area contributed by atoms with Gasteiger partial charge in [-0.25, -0.2) is 0 Å². The molecule has 2 N–H and O–H groups in total. The summed E-state index contributed by atoms with van der Waals surface area (Å²) in [5.41, 5.74) is 8.56. The summed E-state index contributed by atoms with van der Waals surface area (Å²) in [4.78, 5) is 1.10. The zero-order valence-corrected chi connectivity index (χ0v) is 14.0. The van der Waals surface area contributed by atoms with Gasteiger partial charge in [-0.1, -0.05) is 45.7 Å². The average molecular weight is 367 g/mol. The molecular formula is C16H13BrClNS. The summed E-state index contributed by atoms with van der Waals surface area (Å²) in [6, 6.07) is 14.5. The first-order valence-electron chi connectivity index (χ1n) is 6.25. The van der Waals surface area contributed by atoms with Gasteiger partial charge in [-0.3, -0.25) is 0 Å². The van der Waals surface area contributed by atoms with Crippen LogP contribution in [-0.2, 0) is 0 Å². The van der Waals surface area contributed by atoms with E-state index in [2.05, 4.69) is 52.3 Å². The highest BCUT2D eigenvalue weighted by Crippen LogP contribution is 2.33. The number of aryl methyl sites for hydroxylation is 1. The van der Waals surface area contributed by atoms with E-state index in [1.54, 1.807) is 11.3 Å². The van der Waals surface area contributed by atoms with Gasteiger partial charge >= 0.3 is 0 Å². The summed E-state index contributed by atoms with van der Waals surface area (Å²) in [6.45, 7) is 2.01. The van der Waals surface area contributed by atoms with E-state index in [1.165, 1.54) is 10.8 Å². The predicted octanol–water partition coefficient (Wildman–Crippen LogP) is 5.67. The van der Waals surface area contributed by atoms with Crippen molar-refractivity contribution < 1.29 is 0 Å². The fraction of sp³-hybridized carbons (Fsp3) is 0.125. The minimum atomic E-state index is -0.126. The summed E-state index contributed by atoms with van der Waals surface area (Å²) in [6.07, 6.45) is 0. The van der Waals surface area contributed by atoms with Crippen LogP contribution in [0.1, 0.15) is 22.0 Å². The molecular weight excluding hydrogens is 354 g/mol. The van der Waals surface area contributed by atoms with Crippen LogP contribution in [0.4, 0.5) is 0 Å². The van der Waals surface area contributed by atoms with Gasteiger partial charge in [0.2, 0.25) is 0 Å². The van der Waals surface area contributed by atoms with Gasteiger partial charge < -0.3 is 5.73 Å². The van der Waals surface area contributed by atoms with Gasteiger partial charge in [0.1, 0.15) is 0 Å². The van der Waals surface area contributed by atoms with Gasteiger partial charge in [-0.15, -0.1) is 11.3 Å². The maximum atomic E-state index is 6.36. The Labute approximate surface area is 135 Å². The van der Waals surface area contributed by atoms with Gasteiger partial charge in [-0.05, 0) is 53.1 Å². The molecule has 0 amide bonds. The Morgan fingerprint density at radius 1 is 1.10 bits per heavy atom. The fourth-order valence-corrected chi connectivity index (χ4v) is 3.86. The average Bonchev–Trinajstić information content (AvgIpc) is 2.77. The third-order valence-corrected chi connectivity index (χ3v) is 5.50. The Morgan fingerprint density at radius 2 is 1.80 bits per heavy atom. The van der Waals surface area contributed by atoms with E-state index in [0.29, 0.717) is 0 Å². The lowest BCUT2D eigenvalue weighted by atomic mass is 10.0. The zero-order chi connectivity index (χ0) is 14.3. The maximum Gasteiger partial charge on any atom is 0.0961 e. The second-order valence-electron chi connectivity index (χ2n) is 4.83. The summed E-state index contributed by atoms with van der Waals surface area (Å²) >= 11 is 11.2. The molecule has 1 atom stereocenters. The van der Waals surface area contributed by atoms with Crippen molar-refractivity contribution in [2.45, 2.75) is 13.0 Å². The van der Waals surface area contributed by atoms with Crippen molar-refractivity contribution in [2.75, 3.05) is 0 Å². The van der Waals surface area contributed by atoms with Crippen LogP contribution in [0.3, 0.4) is 0 Å². The van der Waals surface area contributed by atoms with Crippen LogP contribution in [0, 0.1) is 6.92 Å². The van der Waals surface area contributed by atoms with E-state index < -0.39 is 0 Å². The second kappa shape index (κ2) is 5.49. The number of hydrogen-bond donors (Lipinski definition) is 1. The van der Waals surface area contributed by atoms with Crippen molar-refractivity contribution in [3.05, 3.63) is 67.3 Å². The Morgan fingerprint density at radius 3 is 2.50 bits per heavy atom. The van der Waals surface area contributed by atoms with E-state index in [4.69, 9.17) is 17.3 Å². The van der Waals surface area contributed by atoms with Crippen molar-refractivity contribution in [2.24, 2.45) is 5.73 Å². The second-order valence-corrected chi connectivity index (χ2v) is 7.44. The molecule has 0 spiro atoms. The first-order chi connectivity index (χ1) is 9.54. The third kappa shape index (κ3) is 2.63. The lowest BCUT2D eigenvalue weighted by Gasteiger charge is -2.11. The first kappa shape index (κ1) is 14.1. The monoisotopic (exact) mass is 365 g/mol. The van der Waals surface area contributed by atoms with Crippen molar-refractivity contribution in [1.82, 2.24) is 0 Å². The van der Waals surface area contributed by atoms with E-state index in [0.717, 1.165) is 24.8 Å². The smallest absolute Gasteiger partial charge is 0.0961 e. The molecule has 0 fully saturated rings. The quantitative estimate of drug-likeness (QED) is 0.621. The van der Waals surface area contributed by atoms with Crippen molar-refractivity contribution >= 4 is 49.6 Å². The van der Waals surface area contributed by atoms with Crippen LogP contribution in [0.5, 0.6) is 0 Å². The number of thiophene rings is 1. The van der Waals surface area contributed by atoms with Gasteiger partial charge in [0, 0.05) is 9.35 Å². The van der Waals surface area contributed by atoms with Gasteiger partial charge in [0.05, 0.1) is 10.4 Å². The molecule has 3 aromatic rings. The van der Waals surface area contributed by atoms with Crippen molar-refractivity contribution in [3.63, 3.8) is 0 Å². The molecule has 1 aromatic heterocycles. The predicted molar refractivity (Wildman–Crippen MR) is 91.7 cm³/mol. The Balaban J connectivity index is 2.03. The van der Waals surface area contributed by atoms with E-state index in [1.807, 2.05) is 13.0 Å². The van der Waals surface area contributed by atoms with Gasteiger partial charge in [0.25, 0.3) is 0 Å². The molecule has 0 saturated heterocycles. The van der Waals surface area contributed by atoms with E-state index in [9.17, 15) is 0 Å². The van der Waals surface area contributed by atoms with Crippen LogP contribution in [0.25, 0.3) is 10.8 Å². The Bertz CT molecular complexity index is 762. The summed E-state index contributed by atoms with van der Waals surface area (Å²) in [7, 11) is 0. The molecule has 0 aliphatic rings. The molecule has 0 saturated carbocycles. The van der Waals surface area contributed by atoms with Crippen molar-refractivity contribution in [3.8, 4) is 0 Å². The molecule has 1 nitrogen and oxygen atoms in total. The molecule has 1 heterocycles. The molecule has 4 heteroatoms. The molecule has 102 valence electrons. The molecule has 3 rings (SSSR count). The first-order valence-corrected chi connectivity index (χ1v) is 8.24. The topological polar surface area (TPSA) is 26.0 Å². The Kier molecular flexibility index (Phi) is 3.87. The Hall–Kier alpha value is -0.870. The number of hydrogen-bond acceptors (Lipinski definition) is 2. The lowest BCUT2D eigenvalue weighted by Crippen LogP contribution is -2.09. The summed E-state index contributed by atoms with van der Waals surface area (Å²) in [5, 5.41) is 2.40. The molecule has 2 aromatic carbocycles. The standard InChI is InChI=1S/C16H13BrClNS/c1-9-6-14(20-16(9)18)15(19)12-3-2-11-8-13(17)5-4-10(11)7-12/h2-8,15H,19H2,1H3. The van der Waals surface area contributed by atoms with Crippen LogP contribution in [-0.4, -0.2) is 0 Å². The maximum absolute atomic E-state index is 6.36. The number of nitrogens with two attached hydrogens (primary N) is 1. The van der Waals surface area contributed by atoms with Crippen LogP contribution in [0.15, 0.2) is 46.9 Å². The number of halogens is 2. The highest BCUT2D eigenvalue weighted by Gasteiger charge is 2.13. The largest absolute Gasteiger partial charge is 0.320 e. The van der Waals surface area contributed by atoms with Crippen LogP contribution in [0.2, 0.25) is 4.34 Å². The number of fused-ring (bicyclic) bond motifs is 1. The van der Waals surface area contributed by atoms with Crippen LogP contribution >= 0.6 is 38.9 Å². The van der Waals surface area contributed by atoms with Gasteiger partial charge in [0.15, 0.2) is 0 Å². The molecule has 0 aliphatic carbocycles. The lowest BCUT2D eigenvalue weighted by molar-refractivity contribution is 0.895. The van der Waals surface area contributed by atoms with Crippen molar-refractivity contribution in [1.29, 1.82) is 0 Å². The minimum absolute atomic E-state index is 0.126. The molecule has 20 heavy (non-hydrogen) atoms. The highest BCUT2D eigenvalue weighted by atomic mass is 79.9. The normalized spacial score (nSPS) is 12.8. The van der Waals surface area contributed by atoms with Crippen LogP contribution < -0.4 is 5.73 Å². The highest BCUT2D eigenvalue weighted by molar-refractivity contribution is 9.10. The fourth-order valence-electron chi connectivity index (χ4n) is 2.23. The number of rotatable bonds is 2. The van der Waals surface area contributed by atoms with E-state index in [-0.39, 0.29) is 6.04 Å². The molecule has 1 unspecified atom stereocenters.